The van der Waals surface area contributed by atoms with Crippen LogP contribution < -0.4 is 10.5 Å². The van der Waals surface area contributed by atoms with Crippen LogP contribution in [0.3, 0.4) is 0 Å². The number of benzene rings is 1. The van der Waals surface area contributed by atoms with Crippen LogP contribution in [0.15, 0.2) is 24.3 Å². The highest BCUT2D eigenvalue weighted by Gasteiger charge is 2.09. The molecule has 1 atom stereocenters. The third-order valence-corrected chi connectivity index (χ3v) is 2.14. The van der Waals surface area contributed by atoms with Crippen LogP contribution in [0.4, 0.5) is 0 Å². The monoisotopic (exact) mass is 215 g/mol. The summed E-state index contributed by atoms with van der Waals surface area (Å²) in [5, 5.41) is 0. The predicted molar refractivity (Wildman–Crippen MR) is 62.1 cm³/mol. The summed E-state index contributed by atoms with van der Waals surface area (Å²) in [4.78, 5) is 0. The lowest BCUT2D eigenvalue weighted by molar-refractivity contribution is 0.404. The topological polar surface area (TPSA) is 35.2 Å². The molecule has 1 aromatic carbocycles. The Balaban J connectivity index is 0.00000169. The number of para-hydroxylation sites is 1. The van der Waals surface area contributed by atoms with E-state index in [1.54, 1.807) is 7.11 Å². The fourth-order valence-electron chi connectivity index (χ4n) is 1.44. The molecule has 0 saturated carbocycles. The quantitative estimate of drug-likeness (QED) is 0.838. The molecule has 0 aliphatic heterocycles. The highest BCUT2D eigenvalue weighted by molar-refractivity contribution is 5.85. The fraction of sp³-hybridized carbons (Fsp3) is 0.455. The molecule has 14 heavy (non-hydrogen) atoms. The number of halogens is 1. The molecule has 1 rings (SSSR count). The van der Waals surface area contributed by atoms with Crippen LogP contribution in [-0.4, -0.2) is 7.11 Å². The van der Waals surface area contributed by atoms with Crippen LogP contribution in [0.25, 0.3) is 0 Å². The van der Waals surface area contributed by atoms with E-state index in [2.05, 4.69) is 6.92 Å². The first-order valence-corrected chi connectivity index (χ1v) is 4.68. The van der Waals surface area contributed by atoms with E-state index in [9.17, 15) is 0 Å². The Morgan fingerprint density at radius 1 is 1.36 bits per heavy atom. The Morgan fingerprint density at radius 2 is 2.00 bits per heavy atom. The molecule has 80 valence electrons. The zero-order chi connectivity index (χ0) is 9.68. The lowest BCUT2D eigenvalue weighted by Gasteiger charge is -2.14. The lowest BCUT2D eigenvalue weighted by atomic mass is 10.0. The Kier molecular flexibility index (Phi) is 6.34. The second-order valence-corrected chi connectivity index (χ2v) is 3.14. The third-order valence-electron chi connectivity index (χ3n) is 2.14. The Morgan fingerprint density at radius 3 is 2.57 bits per heavy atom. The second-order valence-electron chi connectivity index (χ2n) is 3.14. The standard InChI is InChI=1S/C11H17NO.ClH/c1-3-6-10(12)9-7-4-5-8-11(9)13-2;/h4-5,7-8,10H,3,6,12H2,1-2H3;1H/t10-;/m0./s1. The van der Waals surface area contributed by atoms with Crippen molar-refractivity contribution >= 4 is 12.4 Å². The van der Waals surface area contributed by atoms with E-state index in [0.29, 0.717) is 0 Å². The molecule has 0 aliphatic rings. The number of rotatable bonds is 4. The summed E-state index contributed by atoms with van der Waals surface area (Å²) < 4.78 is 5.23. The average Bonchev–Trinajstić information content (AvgIpc) is 2.18. The lowest BCUT2D eigenvalue weighted by Crippen LogP contribution is -2.10. The maximum Gasteiger partial charge on any atom is 0.123 e. The predicted octanol–water partition coefficient (Wildman–Crippen LogP) is 2.92. The van der Waals surface area contributed by atoms with Gasteiger partial charge < -0.3 is 10.5 Å². The molecule has 0 heterocycles. The second kappa shape index (κ2) is 6.68. The van der Waals surface area contributed by atoms with Crippen molar-refractivity contribution in [3.8, 4) is 5.75 Å². The third kappa shape index (κ3) is 3.20. The Hall–Kier alpha value is -0.730. The van der Waals surface area contributed by atoms with Crippen molar-refractivity contribution in [2.75, 3.05) is 7.11 Å². The summed E-state index contributed by atoms with van der Waals surface area (Å²) in [5.41, 5.74) is 7.11. The van der Waals surface area contributed by atoms with Gasteiger partial charge in [-0.2, -0.15) is 0 Å². The normalized spacial score (nSPS) is 11.6. The van der Waals surface area contributed by atoms with Crippen molar-refractivity contribution in [1.29, 1.82) is 0 Å². The van der Waals surface area contributed by atoms with E-state index in [0.717, 1.165) is 24.2 Å². The zero-order valence-corrected chi connectivity index (χ0v) is 9.51. The van der Waals surface area contributed by atoms with E-state index >= 15 is 0 Å². The summed E-state index contributed by atoms with van der Waals surface area (Å²) in [7, 11) is 1.68. The first-order valence-electron chi connectivity index (χ1n) is 4.68. The van der Waals surface area contributed by atoms with Crippen molar-refractivity contribution < 1.29 is 4.74 Å². The molecule has 1 aromatic rings. The van der Waals surface area contributed by atoms with Crippen molar-refractivity contribution in [3.63, 3.8) is 0 Å². The van der Waals surface area contributed by atoms with Gasteiger partial charge in [0.15, 0.2) is 0 Å². The highest BCUT2D eigenvalue weighted by Crippen LogP contribution is 2.25. The largest absolute Gasteiger partial charge is 0.496 e. The molecule has 0 fully saturated rings. The molecule has 2 nitrogen and oxygen atoms in total. The maximum absolute atomic E-state index is 6.00. The van der Waals surface area contributed by atoms with Crippen molar-refractivity contribution in [3.05, 3.63) is 29.8 Å². The molecule has 2 N–H and O–H groups in total. The van der Waals surface area contributed by atoms with Crippen LogP contribution in [0.5, 0.6) is 5.75 Å². The number of ether oxygens (including phenoxy) is 1. The van der Waals surface area contributed by atoms with Crippen LogP contribution in [-0.2, 0) is 0 Å². The number of hydrogen-bond acceptors (Lipinski definition) is 2. The van der Waals surface area contributed by atoms with Gasteiger partial charge in [0.05, 0.1) is 7.11 Å². The SMILES string of the molecule is CCC[C@H](N)c1ccccc1OC.Cl. The van der Waals surface area contributed by atoms with Crippen molar-refractivity contribution in [2.24, 2.45) is 5.73 Å². The molecule has 0 spiro atoms. The molecular weight excluding hydrogens is 198 g/mol. The number of hydrogen-bond donors (Lipinski definition) is 1. The van der Waals surface area contributed by atoms with Crippen LogP contribution in [0.1, 0.15) is 31.4 Å². The van der Waals surface area contributed by atoms with E-state index in [4.69, 9.17) is 10.5 Å². The minimum atomic E-state index is 0. The van der Waals surface area contributed by atoms with E-state index < -0.39 is 0 Å². The molecule has 0 radical (unpaired) electrons. The summed E-state index contributed by atoms with van der Waals surface area (Å²) in [6, 6.07) is 8.03. The number of methoxy groups -OCH3 is 1. The number of nitrogens with two attached hydrogens (primary N) is 1. The maximum atomic E-state index is 6.00. The molecule has 0 amide bonds. The minimum absolute atomic E-state index is 0. The highest BCUT2D eigenvalue weighted by atomic mass is 35.5. The first-order chi connectivity index (χ1) is 6.29. The van der Waals surface area contributed by atoms with Gasteiger partial charge in [0.25, 0.3) is 0 Å². The summed E-state index contributed by atoms with van der Waals surface area (Å²) in [6.45, 7) is 2.13. The molecule has 0 saturated heterocycles. The van der Waals surface area contributed by atoms with Crippen LogP contribution in [0, 0.1) is 0 Å². The van der Waals surface area contributed by atoms with Gasteiger partial charge in [0.2, 0.25) is 0 Å². The fourth-order valence-corrected chi connectivity index (χ4v) is 1.44. The molecule has 3 heteroatoms. The Bertz CT molecular complexity index is 265. The van der Waals surface area contributed by atoms with Gasteiger partial charge in [-0.3, -0.25) is 0 Å². The van der Waals surface area contributed by atoms with Gasteiger partial charge in [0.1, 0.15) is 5.75 Å². The van der Waals surface area contributed by atoms with Gasteiger partial charge in [-0.05, 0) is 12.5 Å². The van der Waals surface area contributed by atoms with Crippen LogP contribution >= 0.6 is 12.4 Å². The van der Waals surface area contributed by atoms with Gasteiger partial charge in [0, 0.05) is 11.6 Å². The molecule has 0 unspecified atom stereocenters. The average molecular weight is 216 g/mol. The van der Waals surface area contributed by atoms with Gasteiger partial charge in [-0.1, -0.05) is 31.5 Å². The van der Waals surface area contributed by atoms with Crippen molar-refractivity contribution in [1.82, 2.24) is 0 Å². The van der Waals surface area contributed by atoms with E-state index in [1.165, 1.54) is 0 Å². The minimum Gasteiger partial charge on any atom is -0.496 e. The molecule has 0 aliphatic carbocycles. The molecule has 0 bridgehead atoms. The van der Waals surface area contributed by atoms with E-state index in [-0.39, 0.29) is 18.4 Å². The van der Waals surface area contributed by atoms with Gasteiger partial charge >= 0.3 is 0 Å². The Labute approximate surface area is 91.9 Å². The van der Waals surface area contributed by atoms with E-state index in [1.807, 2.05) is 24.3 Å². The van der Waals surface area contributed by atoms with Gasteiger partial charge in [-0.25, -0.2) is 0 Å². The summed E-state index contributed by atoms with van der Waals surface area (Å²) in [5.74, 6) is 0.892. The van der Waals surface area contributed by atoms with Crippen LogP contribution in [0.2, 0.25) is 0 Å². The zero-order valence-electron chi connectivity index (χ0n) is 8.69. The van der Waals surface area contributed by atoms with Gasteiger partial charge in [-0.15, -0.1) is 12.4 Å². The van der Waals surface area contributed by atoms with Crippen molar-refractivity contribution in [2.45, 2.75) is 25.8 Å². The summed E-state index contributed by atoms with van der Waals surface area (Å²) >= 11 is 0. The first kappa shape index (κ1) is 13.3. The summed E-state index contributed by atoms with van der Waals surface area (Å²) in [6.07, 6.45) is 2.10. The smallest absolute Gasteiger partial charge is 0.123 e. The molecular formula is C11H18ClNO. The molecule has 0 aromatic heterocycles.